The van der Waals surface area contributed by atoms with Crippen LogP contribution in [0.15, 0.2) is 24.3 Å². The summed E-state index contributed by atoms with van der Waals surface area (Å²) in [5.41, 5.74) is 1.16. The average molecular weight is 369 g/mol. The molecule has 7 nitrogen and oxygen atoms in total. The summed E-state index contributed by atoms with van der Waals surface area (Å²) in [6.45, 7) is 5.47. The fraction of sp³-hybridized carbons (Fsp3) is 0.647. The summed E-state index contributed by atoms with van der Waals surface area (Å²) < 4.78 is 26.2. The van der Waals surface area contributed by atoms with Crippen LogP contribution in [0, 0.1) is 10.1 Å². The maximum absolute atomic E-state index is 12.3. The van der Waals surface area contributed by atoms with Crippen molar-refractivity contribution in [2.45, 2.75) is 32.6 Å². The van der Waals surface area contributed by atoms with Crippen LogP contribution >= 0.6 is 0 Å². The van der Waals surface area contributed by atoms with Gasteiger partial charge in [-0.3, -0.25) is 10.1 Å². The van der Waals surface area contributed by atoms with E-state index in [1.165, 1.54) is 12.1 Å². The fourth-order valence-corrected chi connectivity index (χ4v) is 4.51. The zero-order valence-electron chi connectivity index (χ0n) is 14.8. The number of nitro groups is 1. The lowest BCUT2D eigenvalue weighted by Gasteiger charge is -2.34. The second-order valence-electron chi connectivity index (χ2n) is 6.44. The van der Waals surface area contributed by atoms with E-state index >= 15 is 0 Å². The zero-order chi connectivity index (χ0) is 18.3. The number of nitro benzene ring substituents is 1. The Balaban J connectivity index is 1.75. The minimum Gasteiger partial charge on any atom is -0.300 e. The number of nitrogens with zero attached hydrogens (tertiary/aromatic N) is 3. The van der Waals surface area contributed by atoms with E-state index in [2.05, 4.69) is 11.8 Å². The molecule has 0 spiro atoms. The van der Waals surface area contributed by atoms with Crippen molar-refractivity contribution in [3.8, 4) is 0 Å². The van der Waals surface area contributed by atoms with Gasteiger partial charge in [-0.05, 0) is 18.4 Å². The third kappa shape index (κ3) is 6.05. The van der Waals surface area contributed by atoms with Crippen molar-refractivity contribution in [1.82, 2.24) is 9.21 Å². The summed E-state index contributed by atoms with van der Waals surface area (Å²) in [4.78, 5) is 12.5. The Morgan fingerprint density at radius 3 is 2.28 bits per heavy atom. The highest BCUT2D eigenvalue weighted by atomic mass is 32.2. The summed E-state index contributed by atoms with van der Waals surface area (Å²) in [6.07, 6.45) is 3.51. The monoisotopic (exact) mass is 369 g/mol. The van der Waals surface area contributed by atoms with Gasteiger partial charge in [-0.2, -0.15) is 4.31 Å². The van der Waals surface area contributed by atoms with E-state index in [4.69, 9.17) is 0 Å². The number of hydrogen-bond donors (Lipinski definition) is 0. The van der Waals surface area contributed by atoms with Gasteiger partial charge in [-0.15, -0.1) is 0 Å². The molecule has 0 unspecified atom stereocenters. The van der Waals surface area contributed by atoms with Crippen LogP contribution in [0.5, 0.6) is 0 Å². The van der Waals surface area contributed by atoms with Gasteiger partial charge < -0.3 is 4.90 Å². The third-order valence-corrected chi connectivity index (χ3v) is 6.55. The first kappa shape index (κ1) is 19.8. The SMILES string of the molecule is CCCCCS(=O)(=O)N1CCN(CCc2ccc([N+](=O)[O-])cc2)CC1. The quantitative estimate of drug-likeness (QED) is 0.379. The molecule has 0 saturated carbocycles. The number of unbranched alkanes of at least 4 members (excludes halogenated alkanes) is 2. The normalized spacial score (nSPS) is 16.8. The standard InChI is InChI=1S/C17H27N3O4S/c1-2-3-4-15-25(23,24)19-13-11-18(12-14-19)10-9-16-5-7-17(8-6-16)20(21)22/h5-8H,2-4,9-15H2,1H3. The highest BCUT2D eigenvalue weighted by Gasteiger charge is 2.26. The molecule has 0 bridgehead atoms. The van der Waals surface area contributed by atoms with Crippen LogP contribution in [0.25, 0.3) is 0 Å². The Morgan fingerprint density at radius 2 is 1.72 bits per heavy atom. The van der Waals surface area contributed by atoms with Crippen molar-refractivity contribution in [3.05, 3.63) is 39.9 Å². The molecule has 0 atom stereocenters. The van der Waals surface area contributed by atoms with Gasteiger partial charge in [0.2, 0.25) is 10.0 Å². The van der Waals surface area contributed by atoms with Gasteiger partial charge in [0.05, 0.1) is 10.7 Å². The Kier molecular flexibility index (Phi) is 7.34. The van der Waals surface area contributed by atoms with Gasteiger partial charge in [0.25, 0.3) is 5.69 Å². The number of non-ortho nitro benzene ring substituents is 1. The van der Waals surface area contributed by atoms with Crippen molar-refractivity contribution >= 4 is 15.7 Å². The molecule has 1 aliphatic heterocycles. The van der Waals surface area contributed by atoms with Gasteiger partial charge in [-0.1, -0.05) is 31.9 Å². The largest absolute Gasteiger partial charge is 0.300 e. The minimum atomic E-state index is -3.12. The number of piperazine rings is 1. The van der Waals surface area contributed by atoms with E-state index in [1.54, 1.807) is 16.4 Å². The Morgan fingerprint density at radius 1 is 1.08 bits per heavy atom. The zero-order valence-corrected chi connectivity index (χ0v) is 15.6. The smallest absolute Gasteiger partial charge is 0.269 e. The molecule has 0 aromatic heterocycles. The van der Waals surface area contributed by atoms with Gasteiger partial charge >= 0.3 is 0 Å². The minimum absolute atomic E-state index is 0.102. The second-order valence-corrected chi connectivity index (χ2v) is 8.53. The van der Waals surface area contributed by atoms with Crippen LogP contribution in [-0.2, 0) is 16.4 Å². The molecule has 25 heavy (non-hydrogen) atoms. The topological polar surface area (TPSA) is 83.8 Å². The summed E-state index contributed by atoms with van der Waals surface area (Å²) >= 11 is 0. The van der Waals surface area contributed by atoms with Crippen LogP contribution < -0.4 is 0 Å². The second kappa shape index (κ2) is 9.26. The van der Waals surface area contributed by atoms with E-state index < -0.39 is 14.9 Å². The van der Waals surface area contributed by atoms with E-state index in [0.717, 1.165) is 50.9 Å². The number of rotatable bonds is 9. The predicted octanol–water partition coefficient (Wildman–Crippen LogP) is 2.27. The van der Waals surface area contributed by atoms with E-state index in [1.807, 2.05) is 0 Å². The Hall–Kier alpha value is -1.51. The van der Waals surface area contributed by atoms with Crippen LogP contribution in [-0.4, -0.2) is 61.0 Å². The average Bonchev–Trinajstić information content (AvgIpc) is 2.61. The van der Waals surface area contributed by atoms with Crippen LogP contribution in [0.2, 0.25) is 0 Å². The maximum Gasteiger partial charge on any atom is 0.269 e. The molecule has 1 heterocycles. The summed E-state index contributed by atoms with van der Waals surface area (Å²) in [6, 6.07) is 6.62. The Labute approximate surface area is 149 Å². The molecule has 0 radical (unpaired) electrons. The van der Waals surface area contributed by atoms with Crippen molar-refractivity contribution in [2.75, 3.05) is 38.5 Å². The predicted molar refractivity (Wildman–Crippen MR) is 98.1 cm³/mol. The molecule has 0 aliphatic carbocycles. The highest BCUT2D eigenvalue weighted by molar-refractivity contribution is 7.89. The molecule has 0 amide bonds. The van der Waals surface area contributed by atoms with Crippen LogP contribution in [0.1, 0.15) is 31.7 Å². The van der Waals surface area contributed by atoms with E-state index in [0.29, 0.717) is 13.1 Å². The van der Waals surface area contributed by atoms with Crippen molar-refractivity contribution < 1.29 is 13.3 Å². The number of sulfonamides is 1. The highest BCUT2D eigenvalue weighted by Crippen LogP contribution is 2.14. The molecule has 8 heteroatoms. The molecular weight excluding hydrogens is 342 g/mol. The molecule has 1 aromatic carbocycles. The number of benzene rings is 1. The van der Waals surface area contributed by atoms with E-state index in [-0.39, 0.29) is 11.4 Å². The van der Waals surface area contributed by atoms with Gasteiger partial charge in [0.1, 0.15) is 0 Å². The Bertz CT molecular complexity index is 653. The molecule has 1 saturated heterocycles. The van der Waals surface area contributed by atoms with Crippen molar-refractivity contribution in [3.63, 3.8) is 0 Å². The lowest BCUT2D eigenvalue weighted by molar-refractivity contribution is -0.384. The first-order valence-corrected chi connectivity index (χ1v) is 10.5. The lowest BCUT2D eigenvalue weighted by Crippen LogP contribution is -2.49. The molecular formula is C17H27N3O4S. The van der Waals surface area contributed by atoms with Crippen molar-refractivity contribution in [2.24, 2.45) is 0 Å². The summed E-state index contributed by atoms with van der Waals surface area (Å²) in [5.74, 6) is 0.254. The molecule has 0 N–H and O–H groups in total. The first-order valence-electron chi connectivity index (χ1n) is 8.86. The molecule has 1 aromatic rings. The van der Waals surface area contributed by atoms with E-state index in [9.17, 15) is 18.5 Å². The van der Waals surface area contributed by atoms with Gasteiger partial charge in [-0.25, -0.2) is 8.42 Å². The first-order chi connectivity index (χ1) is 11.9. The molecule has 140 valence electrons. The molecule has 2 rings (SSSR count). The van der Waals surface area contributed by atoms with Crippen LogP contribution in [0.4, 0.5) is 5.69 Å². The van der Waals surface area contributed by atoms with Gasteiger partial charge in [0, 0.05) is 44.9 Å². The summed E-state index contributed by atoms with van der Waals surface area (Å²) in [5, 5.41) is 10.7. The number of hydrogen-bond acceptors (Lipinski definition) is 5. The van der Waals surface area contributed by atoms with Gasteiger partial charge in [0.15, 0.2) is 0 Å². The van der Waals surface area contributed by atoms with Crippen molar-refractivity contribution in [1.29, 1.82) is 0 Å². The third-order valence-electron chi connectivity index (χ3n) is 4.59. The fourth-order valence-electron chi connectivity index (χ4n) is 2.97. The molecule has 1 aliphatic rings. The molecule has 1 fully saturated rings. The summed E-state index contributed by atoms with van der Waals surface area (Å²) in [7, 11) is -3.12. The lowest BCUT2D eigenvalue weighted by atomic mass is 10.1. The maximum atomic E-state index is 12.3. The van der Waals surface area contributed by atoms with Crippen LogP contribution in [0.3, 0.4) is 0 Å².